The van der Waals surface area contributed by atoms with Gasteiger partial charge in [0.1, 0.15) is 17.4 Å². The van der Waals surface area contributed by atoms with Gasteiger partial charge in [0, 0.05) is 31.9 Å². The molecule has 2 aromatic carbocycles. The number of ether oxygens (including phenoxy) is 2. The molecule has 5 rings (SSSR count). The number of nitrogens with zero attached hydrogens (tertiary/aromatic N) is 3. The largest absolute Gasteiger partial charge is 0.494 e. The summed E-state index contributed by atoms with van der Waals surface area (Å²) in [4.78, 5) is 49.0. The molecular formula is C36H44ClN3O6. The number of rotatable bonds is 14. The molecule has 0 radical (unpaired) electrons. The van der Waals surface area contributed by atoms with Gasteiger partial charge in [-0.25, -0.2) is 0 Å². The van der Waals surface area contributed by atoms with E-state index in [1.54, 1.807) is 51.1 Å². The summed E-state index contributed by atoms with van der Waals surface area (Å²) in [5, 5.41) is 9.93. The minimum atomic E-state index is -1.23. The number of aliphatic hydroxyl groups excluding tert-OH is 1. The molecule has 3 fully saturated rings. The molecular weight excluding hydrogens is 606 g/mol. The standard InChI is InChI=1S/C36H44ClN3O6/c1-6-19-38(25-15-17-26(18-16-25)45-8-3)32(42)29-30-33(43)40(21-11-12-22-41)31(36(30)23-24(4)35(29,5)46-36)34(44)39(20-7-2)28-14-10-9-13-27(28)37/h6-7,9-10,13-18,24,29-31,41H,1-2,8,11-12,19-23H2,3-5H3/t24?,29-,30-,31?,35+,36?/m0/s1. The Kier molecular flexibility index (Phi) is 9.96. The summed E-state index contributed by atoms with van der Waals surface area (Å²) in [6.45, 7) is 14.7. The third-order valence-electron chi connectivity index (χ3n) is 9.88. The number of unbranched alkanes of at least 4 members (excludes halogenated alkanes) is 1. The van der Waals surface area contributed by atoms with Crippen molar-refractivity contribution in [3.05, 3.63) is 78.9 Å². The highest BCUT2D eigenvalue weighted by molar-refractivity contribution is 6.34. The van der Waals surface area contributed by atoms with Gasteiger partial charge in [-0.15, -0.1) is 13.2 Å². The van der Waals surface area contributed by atoms with Crippen LogP contribution in [0.15, 0.2) is 73.8 Å². The first-order valence-corrected chi connectivity index (χ1v) is 16.4. The van der Waals surface area contributed by atoms with Gasteiger partial charge in [-0.05, 0) is 75.4 Å². The van der Waals surface area contributed by atoms with Crippen molar-refractivity contribution in [1.82, 2.24) is 4.90 Å². The average Bonchev–Trinajstić information content (AvgIpc) is 3.55. The molecule has 0 aromatic heterocycles. The maximum absolute atomic E-state index is 14.8. The smallest absolute Gasteiger partial charge is 0.253 e. The molecule has 1 N–H and O–H groups in total. The highest BCUT2D eigenvalue weighted by atomic mass is 35.5. The summed E-state index contributed by atoms with van der Waals surface area (Å²) in [6, 6.07) is 13.3. The Morgan fingerprint density at radius 2 is 1.76 bits per heavy atom. The Morgan fingerprint density at radius 3 is 2.39 bits per heavy atom. The molecule has 0 aliphatic carbocycles. The van der Waals surface area contributed by atoms with Crippen molar-refractivity contribution >= 4 is 40.7 Å². The number of hydrogen-bond acceptors (Lipinski definition) is 6. The van der Waals surface area contributed by atoms with Gasteiger partial charge in [0.2, 0.25) is 11.8 Å². The predicted octanol–water partition coefficient (Wildman–Crippen LogP) is 5.26. The van der Waals surface area contributed by atoms with E-state index in [1.807, 2.05) is 45.0 Å². The normalized spacial score (nSPS) is 27.8. The summed E-state index contributed by atoms with van der Waals surface area (Å²) >= 11 is 6.59. The average molecular weight is 650 g/mol. The summed E-state index contributed by atoms with van der Waals surface area (Å²) in [6.07, 6.45) is 4.67. The van der Waals surface area contributed by atoms with Gasteiger partial charge in [0.05, 0.1) is 34.8 Å². The number of amides is 3. The molecule has 46 heavy (non-hydrogen) atoms. The number of anilines is 2. The molecule has 3 saturated heterocycles. The van der Waals surface area contributed by atoms with Crippen LogP contribution in [0.3, 0.4) is 0 Å². The lowest BCUT2D eigenvalue weighted by Crippen LogP contribution is -2.57. The molecule has 0 saturated carbocycles. The summed E-state index contributed by atoms with van der Waals surface area (Å²) in [7, 11) is 0. The number of benzene rings is 2. The van der Waals surface area contributed by atoms with E-state index < -0.39 is 29.1 Å². The maximum Gasteiger partial charge on any atom is 0.253 e. The molecule has 2 bridgehead atoms. The summed E-state index contributed by atoms with van der Waals surface area (Å²) < 4.78 is 12.6. The lowest BCUT2D eigenvalue weighted by atomic mass is 9.62. The van der Waals surface area contributed by atoms with Crippen LogP contribution in [0.1, 0.15) is 40.0 Å². The Balaban J connectivity index is 1.60. The van der Waals surface area contributed by atoms with E-state index in [0.29, 0.717) is 48.0 Å². The molecule has 3 unspecified atom stereocenters. The van der Waals surface area contributed by atoms with Crippen molar-refractivity contribution in [2.45, 2.75) is 57.3 Å². The van der Waals surface area contributed by atoms with Crippen LogP contribution < -0.4 is 14.5 Å². The number of hydrogen-bond donors (Lipinski definition) is 1. The lowest BCUT2D eigenvalue weighted by molar-refractivity contribution is -0.145. The third-order valence-corrected chi connectivity index (χ3v) is 10.2. The zero-order valence-electron chi connectivity index (χ0n) is 26.9. The fourth-order valence-electron chi connectivity index (χ4n) is 7.79. The van der Waals surface area contributed by atoms with Crippen LogP contribution in [-0.2, 0) is 19.1 Å². The van der Waals surface area contributed by atoms with E-state index in [0.717, 1.165) is 0 Å². The summed E-state index contributed by atoms with van der Waals surface area (Å²) in [5.74, 6) is -2.04. The third kappa shape index (κ3) is 5.52. The first-order chi connectivity index (χ1) is 22.1. The monoisotopic (exact) mass is 649 g/mol. The second-order valence-corrected chi connectivity index (χ2v) is 12.9. The lowest BCUT2D eigenvalue weighted by Gasteiger charge is -2.39. The van der Waals surface area contributed by atoms with Crippen molar-refractivity contribution in [2.75, 3.05) is 42.6 Å². The van der Waals surface area contributed by atoms with E-state index in [9.17, 15) is 19.5 Å². The number of halogens is 1. The number of para-hydroxylation sites is 1. The van der Waals surface area contributed by atoms with E-state index >= 15 is 0 Å². The van der Waals surface area contributed by atoms with Gasteiger partial charge >= 0.3 is 0 Å². The highest BCUT2D eigenvalue weighted by Gasteiger charge is 2.80. The van der Waals surface area contributed by atoms with Crippen LogP contribution in [0.4, 0.5) is 11.4 Å². The fraction of sp³-hybridized carbons (Fsp3) is 0.472. The highest BCUT2D eigenvalue weighted by Crippen LogP contribution is 2.65. The summed E-state index contributed by atoms with van der Waals surface area (Å²) in [5.41, 5.74) is -1.08. The van der Waals surface area contributed by atoms with E-state index in [4.69, 9.17) is 21.1 Å². The van der Waals surface area contributed by atoms with Gasteiger partial charge < -0.3 is 29.3 Å². The van der Waals surface area contributed by atoms with Crippen LogP contribution in [0.25, 0.3) is 0 Å². The zero-order valence-corrected chi connectivity index (χ0v) is 27.6. The number of fused-ring (bicyclic) bond motifs is 1. The topological polar surface area (TPSA) is 99.6 Å². The SMILES string of the molecule is C=CCN(C(=O)[C@@H]1[C@H]2C(=O)N(CCCCO)C(C(=O)N(CC=C)c3ccccc3Cl)C23CC(C)[C@@]1(C)O3)c1ccc(OCC)cc1. The van der Waals surface area contributed by atoms with Gasteiger partial charge in [-0.2, -0.15) is 0 Å². The Labute approximate surface area is 276 Å². The van der Waals surface area contributed by atoms with Crippen LogP contribution in [0.5, 0.6) is 5.75 Å². The Bertz CT molecular complexity index is 1480. The maximum atomic E-state index is 14.8. The zero-order chi connectivity index (χ0) is 33.2. The second-order valence-electron chi connectivity index (χ2n) is 12.5. The second kappa shape index (κ2) is 13.6. The first kappa shape index (κ1) is 33.7. The van der Waals surface area contributed by atoms with Crippen LogP contribution in [-0.4, -0.2) is 77.8 Å². The van der Waals surface area contributed by atoms with Crippen LogP contribution >= 0.6 is 11.6 Å². The fourth-order valence-corrected chi connectivity index (χ4v) is 8.03. The molecule has 2 aromatic rings. The van der Waals surface area contributed by atoms with Gasteiger partial charge in [0.25, 0.3) is 5.91 Å². The van der Waals surface area contributed by atoms with Crippen molar-refractivity contribution in [2.24, 2.45) is 17.8 Å². The molecule has 3 amide bonds. The molecule has 3 aliphatic heterocycles. The van der Waals surface area contributed by atoms with E-state index in [1.165, 1.54) is 0 Å². The predicted molar refractivity (Wildman–Crippen MR) is 179 cm³/mol. The van der Waals surface area contributed by atoms with Crippen molar-refractivity contribution in [3.63, 3.8) is 0 Å². The number of carbonyl (C=O) groups is 3. The molecule has 246 valence electrons. The number of carbonyl (C=O) groups excluding carboxylic acids is 3. The van der Waals surface area contributed by atoms with Crippen molar-refractivity contribution in [1.29, 1.82) is 0 Å². The minimum absolute atomic E-state index is 0.0389. The first-order valence-electron chi connectivity index (χ1n) is 16.0. The molecule has 3 heterocycles. The Morgan fingerprint density at radius 1 is 1.09 bits per heavy atom. The quantitative estimate of drug-likeness (QED) is 0.221. The number of aliphatic hydroxyl groups is 1. The molecule has 3 aliphatic rings. The molecule has 1 spiro atoms. The van der Waals surface area contributed by atoms with Gasteiger partial charge in [0.15, 0.2) is 0 Å². The van der Waals surface area contributed by atoms with Crippen LogP contribution in [0.2, 0.25) is 5.02 Å². The van der Waals surface area contributed by atoms with Crippen molar-refractivity contribution < 1.29 is 29.0 Å². The number of likely N-dealkylation sites (tertiary alicyclic amines) is 1. The molecule has 10 heteroatoms. The van der Waals surface area contributed by atoms with Crippen molar-refractivity contribution in [3.8, 4) is 5.75 Å². The molecule has 6 atom stereocenters. The minimum Gasteiger partial charge on any atom is -0.494 e. The van der Waals surface area contributed by atoms with Gasteiger partial charge in [-0.3, -0.25) is 14.4 Å². The van der Waals surface area contributed by atoms with E-state index in [2.05, 4.69) is 13.2 Å². The van der Waals surface area contributed by atoms with E-state index in [-0.39, 0.29) is 49.9 Å². The van der Waals surface area contributed by atoms with Crippen LogP contribution in [0, 0.1) is 17.8 Å². The Hall–Kier alpha value is -3.66. The molecule has 9 nitrogen and oxygen atoms in total. The van der Waals surface area contributed by atoms with Gasteiger partial charge in [-0.1, -0.05) is 42.8 Å².